The number of likely N-dealkylation sites (tertiary alicyclic amines) is 1. The van der Waals surface area contributed by atoms with Gasteiger partial charge in [-0.25, -0.2) is 4.79 Å². The van der Waals surface area contributed by atoms with Gasteiger partial charge in [0.05, 0.1) is 51.7 Å². The summed E-state index contributed by atoms with van der Waals surface area (Å²) in [7, 11) is 0. The van der Waals surface area contributed by atoms with Crippen molar-refractivity contribution in [3.05, 3.63) is 144 Å². The molecular weight excluding hydrogens is 558 g/mol. The number of carbonyl (C=O) groups is 1. The molecule has 1 amide bonds. The summed E-state index contributed by atoms with van der Waals surface area (Å²) >= 11 is 0. The minimum absolute atomic E-state index is 0.0355. The van der Waals surface area contributed by atoms with Gasteiger partial charge in [0.2, 0.25) is 0 Å². The second kappa shape index (κ2) is 16.1. The third-order valence-corrected chi connectivity index (χ3v) is 7.78. The molecule has 1 fully saturated rings. The molecule has 0 spiro atoms. The van der Waals surface area contributed by atoms with Crippen LogP contribution in [0.2, 0.25) is 0 Å². The predicted molar refractivity (Wildman–Crippen MR) is 166 cm³/mol. The highest BCUT2D eigenvalue weighted by Crippen LogP contribution is 2.33. The highest BCUT2D eigenvalue weighted by Gasteiger charge is 2.53. The molecule has 4 aromatic rings. The van der Waals surface area contributed by atoms with Crippen molar-refractivity contribution in [2.24, 2.45) is 0 Å². The number of aliphatic hydroxyl groups is 1. The Morgan fingerprint density at radius 3 is 1.30 bits per heavy atom. The summed E-state index contributed by atoms with van der Waals surface area (Å²) in [6.07, 6.45) is -3.51. The van der Waals surface area contributed by atoms with Gasteiger partial charge in [-0.15, -0.1) is 0 Å². The second-order valence-corrected chi connectivity index (χ2v) is 10.8. The van der Waals surface area contributed by atoms with Crippen molar-refractivity contribution in [2.45, 2.75) is 56.8 Å². The van der Waals surface area contributed by atoms with Gasteiger partial charge >= 0.3 is 6.09 Å². The number of rotatable bonds is 14. The van der Waals surface area contributed by atoms with E-state index < -0.39 is 43.1 Å². The smallest absolute Gasteiger partial charge is 0.408 e. The van der Waals surface area contributed by atoms with Crippen molar-refractivity contribution in [3.63, 3.8) is 0 Å². The highest BCUT2D eigenvalue weighted by atomic mass is 16.6. The number of ether oxygens (including phenoxy) is 4. The molecule has 0 aromatic heterocycles. The fourth-order valence-electron chi connectivity index (χ4n) is 5.61. The Labute approximate surface area is 258 Å². The topological polar surface area (TPSA) is 97.7 Å². The minimum Gasteiger partial charge on any atom is -0.465 e. The van der Waals surface area contributed by atoms with Crippen LogP contribution in [0.3, 0.4) is 0 Å². The fraction of sp³-hybridized carbons (Fsp3) is 0.306. The molecule has 44 heavy (non-hydrogen) atoms. The molecule has 8 nitrogen and oxygen atoms in total. The molecule has 1 heterocycles. The maximum atomic E-state index is 12.9. The first-order valence-corrected chi connectivity index (χ1v) is 14.8. The summed E-state index contributed by atoms with van der Waals surface area (Å²) in [5.74, 6) is 0. The van der Waals surface area contributed by atoms with Crippen LogP contribution in [0, 0.1) is 0 Å². The van der Waals surface area contributed by atoms with E-state index >= 15 is 0 Å². The molecule has 8 heteroatoms. The third kappa shape index (κ3) is 8.31. The van der Waals surface area contributed by atoms with Crippen LogP contribution in [0.25, 0.3) is 0 Å². The summed E-state index contributed by atoms with van der Waals surface area (Å²) in [6.45, 7) is 0.565. The van der Waals surface area contributed by atoms with Gasteiger partial charge in [0.1, 0.15) is 18.3 Å². The van der Waals surface area contributed by atoms with Crippen molar-refractivity contribution in [1.82, 2.24) is 4.90 Å². The van der Waals surface area contributed by atoms with Gasteiger partial charge in [-0.05, 0) is 22.3 Å². The van der Waals surface area contributed by atoms with E-state index in [9.17, 15) is 15.0 Å². The van der Waals surface area contributed by atoms with Crippen LogP contribution in [0.1, 0.15) is 22.3 Å². The third-order valence-electron chi connectivity index (χ3n) is 7.78. The molecule has 0 radical (unpaired) electrons. The lowest BCUT2D eigenvalue weighted by molar-refractivity contribution is -0.225. The number of carboxylic acid groups (broad SMARTS) is 1. The van der Waals surface area contributed by atoms with Crippen LogP contribution < -0.4 is 0 Å². The highest BCUT2D eigenvalue weighted by molar-refractivity contribution is 5.66. The zero-order chi connectivity index (χ0) is 30.6. The van der Waals surface area contributed by atoms with Crippen LogP contribution in [-0.2, 0) is 45.4 Å². The molecule has 0 bridgehead atoms. The number of hydrogen-bond donors (Lipinski definition) is 2. The Balaban J connectivity index is 1.48. The van der Waals surface area contributed by atoms with Crippen LogP contribution >= 0.6 is 0 Å². The Morgan fingerprint density at radius 1 is 0.545 bits per heavy atom. The number of hydrogen-bond acceptors (Lipinski definition) is 6. The largest absolute Gasteiger partial charge is 0.465 e. The quantitative estimate of drug-likeness (QED) is 0.193. The normalized spacial score (nSPS) is 21.7. The number of amides is 1. The van der Waals surface area contributed by atoms with Gasteiger partial charge in [-0.2, -0.15) is 0 Å². The van der Waals surface area contributed by atoms with E-state index in [1.54, 1.807) is 0 Å². The van der Waals surface area contributed by atoms with Crippen molar-refractivity contribution in [3.8, 4) is 0 Å². The molecule has 0 unspecified atom stereocenters. The first-order chi connectivity index (χ1) is 21.6. The SMILES string of the molecule is O=C(O)N1[C@H](CO)[C@H](OCc2ccccc2)[C@@H](OCc2ccccc2)[C@H](OCc2ccccc2)[C@H]1COCc1ccccc1. The Morgan fingerprint density at radius 2 is 0.909 bits per heavy atom. The van der Waals surface area contributed by atoms with Crippen molar-refractivity contribution in [1.29, 1.82) is 0 Å². The Kier molecular flexibility index (Phi) is 11.5. The first-order valence-electron chi connectivity index (χ1n) is 14.8. The van der Waals surface area contributed by atoms with E-state index in [4.69, 9.17) is 18.9 Å². The Bertz CT molecular complexity index is 1390. The average molecular weight is 598 g/mol. The Hall–Kier alpha value is -4.05. The minimum atomic E-state index is -1.19. The molecule has 4 aromatic carbocycles. The average Bonchev–Trinajstić information content (AvgIpc) is 3.07. The van der Waals surface area contributed by atoms with E-state index in [0.717, 1.165) is 22.3 Å². The molecule has 5 rings (SSSR count). The first kappa shape index (κ1) is 31.4. The monoisotopic (exact) mass is 597 g/mol. The number of piperidine rings is 1. The summed E-state index contributed by atoms with van der Waals surface area (Å²) in [5, 5.41) is 21.2. The number of benzene rings is 4. The van der Waals surface area contributed by atoms with Gasteiger partial charge < -0.3 is 29.2 Å². The molecule has 1 aliphatic rings. The van der Waals surface area contributed by atoms with Crippen LogP contribution in [-0.4, -0.2) is 64.8 Å². The molecule has 0 saturated carbocycles. The van der Waals surface area contributed by atoms with Crippen LogP contribution in [0.4, 0.5) is 4.79 Å². The van der Waals surface area contributed by atoms with E-state index in [2.05, 4.69) is 0 Å². The van der Waals surface area contributed by atoms with Gasteiger partial charge in [0.25, 0.3) is 0 Å². The molecule has 230 valence electrons. The number of nitrogens with zero attached hydrogens (tertiary/aromatic N) is 1. The zero-order valence-corrected chi connectivity index (χ0v) is 24.6. The van der Waals surface area contributed by atoms with Gasteiger partial charge in [-0.1, -0.05) is 121 Å². The maximum Gasteiger partial charge on any atom is 0.408 e. The summed E-state index contributed by atoms with van der Waals surface area (Å²) in [4.78, 5) is 14.1. The van der Waals surface area contributed by atoms with Gasteiger partial charge in [-0.3, -0.25) is 4.90 Å². The standard InChI is InChI=1S/C36H39NO7/c38-21-31-33(42-23-28-15-7-2-8-16-28)35(44-25-30-19-11-4-12-20-30)34(43-24-29-17-9-3-10-18-29)32(37(31)36(39)40)26-41-22-27-13-5-1-6-14-27/h1-20,31-35,38H,21-26H2,(H,39,40)/t31-,32-,33+,34-,35-/m1/s1. The lowest BCUT2D eigenvalue weighted by atomic mass is 9.87. The summed E-state index contributed by atoms with van der Waals surface area (Å²) in [6, 6.07) is 37.1. The molecule has 5 atom stereocenters. The van der Waals surface area contributed by atoms with E-state index in [0.29, 0.717) is 6.61 Å². The lowest BCUT2D eigenvalue weighted by Crippen LogP contribution is -2.71. The van der Waals surface area contributed by atoms with E-state index in [-0.39, 0.29) is 26.4 Å². The second-order valence-electron chi connectivity index (χ2n) is 10.8. The van der Waals surface area contributed by atoms with Crippen LogP contribution in [0.5, 0.6) is 0 Å². The van der Waals surface area contributed by atoms with Crippen molar-refractivity contribution < 1.29 is 34.0 Å². The molecule has 2 N–H and O–H groups in total. The molecular formula is C36H39NO7. The molecule has 0 aliphatic carbocycles. The van der Waals surface area contributed by atoms with Gasteiger partial charge in [0.15, 0.2) is 0 Å². The fourth-order valence-corrected chi connectivity index (χ4v) is 5.61. The van der Waals surface area contributed by atoms with E-state index in [1.807, 2.05) is 121 Å². The summed E-state index contributed by atoms with van der Waals surface area (Å²) < 4.78 is 25.7. The predicted octanol–water partition coefficient (Wildman–Crippen LogP) is 5.68. The zero-order valence-electron chi connectivity index (χ0n) is 24.6. The van der Waals surface area contributed by atoms with Crippen LogP contribution in [0.15, 0.2) is 121 Å². The van der Waals surface area contributed by atoms with E-state index in [1.165, 1.54) is 4.90 Å². The van der Waals surface area contributed by atoms with Crippen molar-refractivity contribution in [2.75, 3.05) is 13.2 Å². The van der Waals surface area contributed by atoms with Crippen molar-refractivity contribution >= 4 is 6.09 Å². The molecule has 1 saturated heterocycles. The number of aliphatic hydroxyl groups excluding tert-OH is 1. The summed E-state index contributed by atoms with van der Waals surface area (Å²) in [5.41, 5.74) is 3.77. The lowest BCUT2D eigenvalue weighted by Gasteiger charge is -2.51. The maximum absolute atomic E-state index is 12.9. The van der Waals surface area contributed by atoms with Gasteiger partial charge in [0, 0.05) is 0 Å². The molecule has 1 aliphatic heterocycles.